The Bertz CT molecular complexity index is 1530. The predicted molar refractivity (Wildman–Crippen MR) is 165 cm³/mol. The topological polar surface area (TPSA) is 108 Å². The lowest BCUT2D eigenvalue weighted by atomic mass is 9.91. The number of ether oxygens (including phenoxy) is 3. The summed E-state index contributed by atoms with van der Waals surface area (Å²) in [4.78, 5) is 11.9. The minimum Gasteiger partial charge on any atom is -0.445 e. The van der Waals surface area contributed by atoms with Crippen LogP contribution in [0.1, 0.15) is 41.6 Å². The Morgan fingerprint density at radius 1 is 1.07 bits per heavy atom. The van der Waals surface area contributed by atoms with Crippen molar-refractivity contribution >= 4 is 17.9 Å². The highest BCUT2D eigenvalue weighted by molar-refractivity contribution is 7.99. The van der Waals surface area contributed by atoms with Gasteiger partial charge in [0.15, 0.2) is 11.4 Å². The van der Waals surface area contributed by atoms with Crippen LogP contribution in [-0.4, -0.2) is 44.4 Å². The number of aromatic nitrogens is 3. The lowest BCUT2D eigenvalue weighted by Crippen LogP contribution is -2.38. The number of carbonyl (C=O) groups is 1. The van der Waals surface area contributed by atoms with Gasteiger partial charge in [-0.25, -0.2) is 4.79 Å². The van der Waals surface area contributed by atoms with Crippen LogP contribution < -0.4 is 5.32 Å². The van der Waals surface area contributed by atoms with Gasteiger partial charge in [0.1, 0.15) is 12.9 Å². The number of carbonyl (C=O) groups excluding carboxylic acids is 1. The van der Waals surface area contributed by atoms with Gasteiger partial charge in [0.25, 0.3) is 0 Å². The van der Waals surface area contributed by atoms with Crippen LogP contribution in [0.3, 0.4) is 0 Å². The van der Waals surface area contributed by atoms with Crippen LogP contribution in [0, 0.1) is 5.92 Å². The van der Waals surface area contributed by atoms with Gasteiger partial charge in [0, 0.05) is 30.8 Å². The van der Waals surface area contributed by atoms with E-state index in [0.29, 0.717) is 12.3 Å². The molecule has 43 heavy (non-hydrogen) atoms. The van der Waals surface area contributed by atoms with Crippen LogP contribution in [0.15, 0.2) is 96.9 Å². The van der Waals surface area contributed by atoms with Crippen molar-refractivity contribution in [1.29, 1.82) is 0 Å². The number of amides is 1. The number of aryl methyl sites for hydroxylation is 1. The van der Waals surface area contributed by atoms with Gasteiger partial charge in [0.05, 0.1) is 18.8 Å². The number of rotatable bonds is 11. The Balaban J connectivity index is 1.37. The Morgan fingerprint density at radius 3 is 2.56 bits per heavy atom. The first-order chi connectivity index (χ1) is 20.9. The number of nitrogens with zero attached hydrogens (tertiary/aromatic N) is 3. The van der Waals surface area contributed by atoms with Crippen molar-refractivity contribution in [2.75, 3.05) is 12.4 Å². The average Bonchev–Trinajstić information content (AvgIpc) is 3.46. The fraction of sp³-hybridized carbons (Fsp3) is 0.303. The number of aliphatic hydroxyl groups is 1. The van der Waals surface area contributed by atoms with E-state index in [0.717, 1.165) is 38.5 Å². The second-order valence-electron chi connectivity index (χ2n) is 10.4. The molecule has 5 rings (SSSR count). The number of thioether (sulfide) groups is 1. The molecular weight excluding hydrogens is 564 g/mol. The number of hydrogen-bond acceptors (Lipinski definition) is 8. The van der Waals surface area contributed by atoms with Gasteiger partial charge in [-0.2, -0.15) is 0 Å². The van der Waals surface area contributed by atoms with Gasteiger partial charge >= 0.3 is 6.09 Å². The van der Waals surface area contributed by atoms with Crippen molar-refractivity contribution in [1.82, 2.24) is 20.1 Å². The zero-order valence-electron chi connectivity index (χ0n) is 24.3. The zero-order chi connectivity index (χ0) is 30.2. The molecule has 1 aliphatic rings. The third-order valence-corrected chi connectivity index (χ3v) is 8.48. The molecule has 1 fully saturated rings. The molecule has 1 aliphatic heterocycles. The molecule has 3 aromatic carbocycles. The van der Waals surface area contributed by atoms with Gasteiger partial charge < -0.3 is 29.2 Å². The molecular formula is C33H36N4O5S. The Kier molecular flexibility index (Phi) is 10.3. The van der Waals surface area contributed by atoms with Crippen molar-refractivity contribution < 1.29 is 24.1 Å². The lowest BCUT2D eigenvalue weighted by molar-refractivity contribution is -0.268. The quantitative estimate of drug-likeness (QED) is 0.160. The molecule has 0 radical (unpaired) electrons. The number of nitrogens with one attached hydrogen (secondary N) is 1. The average molecular weight is 601 g/mol. The third-order valence-electron chi connectivity index (χ3n) is 7.36. The predicted octanol–water partition coefficient (Wildman–Crippen LogP) is 5.97. The molecule has 0 aliphatic carbocycles. The number of hydrogen-bond donors (Lipinski definition) is 2. The van der Waals surface area contributed by atoms with E-state index in [9.17, 15) is 9.90 Å². The fourth-order valence-corrected chi connectivity index (χ4v) is 6.01. The van der Waals surface area contributed by atoms with E-state index in [1.807, 2.05) is 78.3 Å². The standard InChI is InChI=1S/C33H36N4O5S/c1-4-15-40-33(39)34-18-24-7-5-8-26(16-24)27-9-6-10-28(17-27)31-41-29(20-43-32-36-35-21-37(32)3)22(2)30(42-31)25-13-11-23(19-38)12-14-25/h4-14,16-17,21-22,29-31,38H,1,15,18-20H2,2-3H3,(H,34,39)/t22-,29+,30+,31+/m1/s1. The van der Waals surface area contributed by atoms with E-state index >= 15 is 0 Å². The van der Waals surface area contributed by atoms with Gasteiger partial charge in [-0.1, -0.05) is 92.0 Å². The van der Waals surface area contributed by atoms with Gasteiger partial charge in [0.2, 0.25) is 0 Å². The lowest BCUT2D eigenvalue weighted by Gasteiger charge is -2.41. The smallest absolute Gasteiger partial charge is 0.407 e. The second kappa shape index (κ2) is 14.5. The summed E-state index contributed by atoms with van der Waals surface area (Å²) < 4.78 is 20.2. The summed E-state index contributed by atoms with van der Waals surface area (Å²) in [7, 11) is 1.93. The first-order valence-corrected chi connectivity index (χ1v) is 15.1. The van der Waals surface area contributed by atoms with E-state index < -0.39 is 12.4 Å². The number of aliphatic hydroxyl groups excluding tert-OH is 1. The maximum absolute atomic E-state index is 11.9. The van der Waals surface area contributed by atoms with Crippen LogP contribution in [0.5, 0.6) is 0 Å². The molecule has 0 unspecified atom stereocenters. The highest BCUT2D eigenvalue weighted by Gasteiger charge is 2.38. The summed E-state index contributed by atoms with van der Waals surface area (Å²) in [5.74, 6) is 0.741. The van der Waals surface area contributed by atoms with Crippen LogP contribution >= 0.6 is 11.8 Å². The normalized spacial score (nSPS) is 20.0. The summed E-state index contributed by atoms with van der Waals surface area (Å²) in [6, 6.07) is 24.1. The maximum Gasteiger partial charge on any atom is 0.407 e. The zero-order valence-corrected chi connectivity index (χ0v) is 25.1. The van der Waals surface area contributed by atoms with Crippen molar-refractivity contribution in [2.24, 2.45) is 13.0 Å². The minimum atomic E-state index is -0.590. The molecule has 0 bridgehead atoms. The maximum atomic E-state index is 11.9. The molecule has 4 atom stereocenters. The van der Waals surface area contributed by atoms with Crippen molar-refractivity contribution in [2.45, 2.75) is 43.7 Å². The monoisotopic (exact) mass is 600 g/mol. The Morgan fingerprint density at radius 2 is 1.84 bits per heavy atom. The summed E-state index contributed by atoms with van der Waals surface area (Å²) in [6.45, 7) is 6.20. The molecule has 2 heterocycles. The van der Waals surface area contributed by atoms with E-state index in [1.165, 1.54) is 6.08 Å². The van der Waals surface area contributed by atoms with Crippen LogP contribution in [0.2, 0.25) is 0 Å². The van der Waals surface area contributed by atoms with Crippen LogP contribution in [-0.2, 0) is 34.4 Å². The summed E-state index contributed by atoms with van der Waals surface area (Å²) in [5, 5.41) is 21.3. The third kappa shape index (κ3) is 7.71. The minimum absolute atomic E-state index is 0.00644. The molecule has 4 aromatic rings. The first-order valence-electron chi connectivity index (χ1n) is 14.1. The van der Waals surface area contributed by atoms with Crippen molar-refractivity contribution in [3.63, 3.8) is 0 Å². The highest BCUT2D eigenvalue weighted by atomic mass is 32.2. The fourth-order valence-electron chi connectivity index (χ4n) is 4.96. The number of benzene rings is 3. The Hall–Kier alpha value is -3.96. The van der Waals surface area contributed by atoms with E-state index in [-0.39, 0.29) is 31.3 Å². The van der Waals surface area contributed by atoms with Gasteiger partial charge in [-0.3, -0.25) is 0 Å². The molecule has 1 saturated heterocycles. The SMILES string of the molecule is C=CCOC(=O)NCc1cccc(-c2cccc([C@H]3O[C@@H](CSc4nncn4C)[C@@H](C)[C@@H](c4ccc(CO)cc4)O3)c2)c1. The molecule has 9 nitrogen and oxygen atoms in total. The molecule has 0 saturated carbocycles. The van der Waals surface area contributed by atoms with Gasteiger partial charge in [-0.15, -0.1) is 10.2 Å². The molecule has 1 amide bonds. The first kappa shape index (κ1) is 30.5. The second-order valence-corrected chi connectivity index (χ2v) is 11.4. The largest absolute Gasteiger partial charge is 0.445 e. The summed E-state index contributed by atoms with van der Waals surface area (Å²) in [5.41, 5.74) is 5.77. The highest BCUT2D eigenvalue weighted by Crippen LogP contribution is 2.43. The van der Waals surface area contributed by atoms with E-state index in [1.54, 1.807) is 18.1 Å². The van der Waals surface area contributed by atoms with E-state index in [2.05, 4.69) is 35.1 Å². The molecule has 224 valence electrons. The summed E-state index contributed by atoms with van der Waals surface area (Å²) in [6.07, 6.45) is 1.81. The van der Waals surface area contributed by atoms with Crippen LogP contribution in [0.25, 0.3) is 11.1 Å². The van der Waals surface area contributed by atoms with Crippen molar-refractivity contribution in [3.05, 3.63) is 114 Å². The van der Waals surface area contributed by atoms with Gasteiger partial charge in [-0.05, 0) is 39.9 Å². The Labute approximate surface area is 255 Å². The van der Waals surface area contributed by atoms with E-state index in [4.69, 9.17) is 14.2 Å². The number of alkyl carbamates (subject to hydrolysis) is 1. The summed E-state index contributed by atoms with van der Waals surface area (Å²) >= 11 is 1.61. The molecule has 1 aromatic heterocycles. The molecule has 2 N–H and O–H groups in total. The van der Waals surface area contributed by atoms with Crippen molar-refractivity contribution in [3.8, 4) is 11.1 Å². The van der Waals surface area contributed by atoms with Crippen LogP contribution in [0.4, 0.5) is 4.79 Å². The molecule has 10 heteroatoms. The molecule has 0 spiro atoms.